The second kappa shape index (κ2) is 7.97. The molecule has 25 heavy (non-hydrogen) atoms. The van der Waals surface area contributed by atoms with Gasteiger partial charge in [0.1, 0.15) is 22.9 Å². The molecule has 0 heterocycles. The van der Waals surface area contributed by atoms with Crippen LogP contribution in [0, 0.1) is 5.82 Å². The number of allylic oxidation sites excluding steroid dienone is 1. The monoisotopic (exact) mass is 381 g/mol. The molecule has 0 amide bonds. The molecule has 1 aromatic rings. The molecule has 0 atom stereocenters. The fourth-order valence-electron chi connectivity index (χ4n) is 1.65. The van der Waals surface area contributed by atoms with E-state index in [1.54, 1.807) is 0 Å². The largest absolute Gasteiger partial charge is 0.454 e. The van der Waals surface area contributed by atoms with Crippen LogP contribution in [0.3, 0.4) is 0 Å². The molecule has 0 saturated carbocycles. The summed E-state index contributed by atoms with van der Waals surface area (Å²) in [5.41, 5.74) is 6.44. The number of ketones is 1. The summed E-state index contributed by atoms with van der Waals surface area (Å²) < 4.78 is 56.1. The Balaban J connectivity index is 3.06. The number of carbonyl (C=O) groups excluding carboxylic acids is 2. The van der Waals surface area contributed by atoms with Gasteiger partial charge in [-0.2, -0.15) is 13.2 Å². The summed E-state index contributed by atoms with van der Waals surface area (Å²) in [6.07, 6.45) is -5.08. The molecule has 136 valence electrons. The first-order chi connectivity index (χ1) is 11.5. The Morgan fingerprint density at radius 2 is 1.88 bits per heavy atom. The zero-order chi connectivity index (χ0) is 19.4. The van der Waals surface area contributed by atoms with Crippen molar-refractivity contribution >= 4 is 29.2 Å². The summed E-state index contributed by atoms with van der Waals surface area (Å²) in [4.78, 5) is 27.0. The van der Waals surface area contributed by atoms with E-state index in [0.717, 1.165) is 13.1 Å². The number of halogens is 5. The lowest BCUT2D eigenvalue weighted by Crippen LogP contribution is -2.33. The summed E-state index contributed by atoms with van der Waals surface area (Å²) in [7, 11) is 1.02. The van der Waals surface area contributed by atoms with E-state index >= 15 is 0 Å². The highest BCUT2D eigenvalue weighted by atomic mass is 35.5. The van der Waals surface area contributed by atoms with Gasteiger partial charge < -0.3 is 16.2 Å². The van der Waals surface area contributed by atoms with Gasteiger partial charge in [0, 0.05) is 7.05 Å². The molecule has 0 bridgehead atoms. The zero-order valence-electron chi connectivity index (χ0n) is 12.7. The Morgan fingerprint density at radius 1 is 1.28 bits per heavy atom. The fourth-order valence-corrected chi connectivity index (χ4v) is 1.91. The van der Waals surface area contributed by atoms with E-state index < -0.39 is 53.0 Å². The van der Waals surface area contributed by atoms with Crippen LogP contribution in [-0.4, -0.2) is 37.4 Å². The van der Waals surface area contributed by atoms with Crippen LogP contribution >= 0.6 is 11.6 Å². The number of carbonyl (C=O) groups is 2. The predicted octanol–water partition coefficient (Wildman–Crippen LogP) is 1.97. The van der Waals surface area contributed by atoms with Gasteiger partial charge in [-0.1, -0.05) is 17.7 Å². The maximum Gasteiger partial charge on any atom is 0.431 e. The number of hydrogen-bond donors (Lipinski definition) is 2. The van der Waals surface area contributed by atoms with Crippen molar-refractivity contribution in [2.75, 3.05) is 13.7 Å². The summed E-state index contributed by atoms with van der Waals surface area (Å²) in [6.45, 7) is -1.08. The van der Waals surface area contributed by atoms with Crippen LogP contribution in [-0.2, 0) is 9.53 Å². The van der Waals surface area contributed by atoms with E-state index in [2.05, 4.69) is 9.73 Å². The van der Waals surface area contributed by atoms with Crippen molar-refractivity contribution in [2.45, 2.75) is 6.18 Å². The quantitative estimate of drug-likeness (QED) is 0.202. The molecule has 0 aromatic heterocycles. The average molecular weight is 382 g/mol. The van der Waals surface area contributed by atoms with E-state index in [-0.39, 0.29) is 5.02 Å². The molecule has 0 fully saturated rings. The SMILES string of the molecule is CN=C(N)C(C(=O)OCC(=O)c1c(F)cccc1Cl)=C(N)C(F)(F)F. The van der Waals surface area contributed by atoms with Crippen LogP contribution in [0.1, 0.15) is 10.4 Å². The normalized spacial score (nSPS) is 13.3. The van der Waals surface area contributed by atoms with Crippen molar-refractivity contribution in [3.05, 3.63) is 45.9 Å². The molecule has 0 aliphatic rings. The first-order valence-electron chi connectivity index (χ1n) is 6.44. The van der Waals surface area contributed by atoms with E-state index in [1.165, 1.54) is 12.1 Å². The van der Waals surface area contributed by atoms with Crippen molar-refractivity contribution in [3.8, 4) is 0 Å². The first kappa shape index (κ1) is 20.4. The minimum atomic E-state index is -5.08. The lowest BCUT2D eigenvalue weighted by molar-refractivity contribution is -0.138. The predicted molar refractivity (Wildman–Crippen MR) is 81.5 cm³/mol. The second-order valence-corrected chi connectivity index (χ2v) is 4.90. The molecule has 0 aliphatic carbocycles. The van der Waals surface area contributed by atoms with Crippen LogP contribution in [0.4, 0.5) is 17.6 Å². The molecule has 0 radical (unpaired) electrons. The van der Waals surface area contributed by atoms with Crippen molar-refractivity contribution in [1.29, 1.82) is 0 Å². The molecule has 0 aliphatic heterocycles. The van der Waals surface area contributed by atoms with E-state index in [4.69, 9.17) is 23.1 Å². The molecule has 1 rings (SSSR count). The van der Waals surface area contributed by atoms with Crippen LogP contribution in [0.15, 0.2) is 34.5 Å². The average Bonchev–Trinajstić information content (AvgIpc) is 2.51. The number of amidine groups is 1. The molecular weight excluding hydrogens is 370 g/mol. The molecule has 6 nitrogen and oxygen atoms in total. The van der Waals surface area contributed by atoms with Gasteiger partial charge in [0.05, 0.1) is 10.6 Å². The van der Waals surface area contributed by atoms with Crippen molar-refractivity contribution in [3.63, 3.8) is 0 Å². The number of rotatable bonds is 5. The third-order valence-corrected chi connectivity index (χ3v) is 3.17. The third kappa shape index (κ3) is 4.92. The molecule has 0 saturated heterocycles. The molecule has 1 aromatic carbocycles. The minimum absolute atomic E-state index is 0.249. The molecular formula is C14H12ClF4N3O3. The molecule has 4 N–H and O–H groups in total. The van der Waals surface area contributed by atoms with Gasteiger partial charge in [-0.3, -0.25) is 9.79 Å². The lowest BCUT2D eigenvalue weighted by Gasteiger charge is -2.13. The highest BCUT2D eigenvalue weighted by Crippen LogP contribution is 2.25. The van der Waals surface area contributed by atoms with E-state index in [9.17, 15) is 27.2 Å². The molecule has 0 spiro atoms. The second-order valence-electron chi connectivity index (χ2n) is 4.49. The van der Waals surface area contributed by atoms with Gasteiger partial charge in [-0.05, 0) is 12.1 Å². The number of nitrogens with zero attached hydrogens (tertiary/aromatic N) is 1. The fraction of sp³-hybridized carbons (Fsp3) is 0.214. The molecule has 0 unspecified atom stereocenters. The standard InChI is InChI=1S/C14H12ClF4N3O3/c1-22-12(21)10(11(20)14(17,18)19)13(24)25-5-8(23)9-6(15)3-2-4-7(9)16/h2-4H,5,20H2,1H3,(H2,21,22). The number of aliphatic imine (C=N–C) groups is 1. The van der Waals surface area contributed by atoms with E-state index in [0.29, 0.717) is 0 Å². The summed E-state index contributed by atoms with van der Waals surface area (Å²) in [6, 6.07) is 3.40. The maximum atomic E-state index is 13.6. The number of Topliss-reactive ketones (excluding diaryl/α,β-unsaturated/α-hetero) is 1. The highest BCUT2D eigenvalue weighted by molar-refractivity contribution is 6.34. The van der Waals surface area contributed by atoms with Crippen molar-refractivity contribution in [2.24, 2.45) is 16.5 Å². The Kier molecular flexibility index (Phi) is 6.51. The van der Waals surface area contributed by atoms with Crippen molar-refractivity contribution in [1.82, 2.24) is 0 Å². The number of benzene rings is 1. The van der Waals surface area contributed by atoms with Gasteiger partial charge >= 0.3 is 12.1 Å². The Morgan fingerprint density at radius 3 is 2.36 bits per heavy atom. The van der Waals surface area contributed by atoms with Gasteiger partial charge in [0.2, 0.25) is 5.78 Å². The summed E-state index contributed by atoms with van der Waals surface area (Å²) in [5.74, 6) is -4.52. The summed E-state index contributed by atoms with van der Waals surface area (Å²) in [5, 5.41) is -0.249. The number of ether oxygens (including phenoxy) is 1. The van der Waals surface area contributed by atoms with Crippen molar-refractivity contribution < 1.29 is 31.9 Å². The van der Waals surface area contributed by atoms with Crippen LogP contribution in [0.25, 0.3) is 0 Å². The smallest absolute Gasteiger partial charge is 0.431 e. The van der Waals surface area contributed by atoms with Gasteiger partial charge in [0.15, 0.2) is 6.61 Å². The van der Waals surface area contributed by atoms with Gasteiger partial charge in [-0.25, -0.2) is 9.18 Å². The number of nitrogens with two attached hydrogens (primary N) is 2. The molecule has 11 heteroatoms. The number of esters is 1. The highest BCUT2D eigenvalue weighted by Gasteiger charge is 2.38. The summed E-state index contributed by atoms with van der Waals surface area (Å²) >= 11 is 5.67. The van der Waals surface area contributed by atoms with E-state index in [1.807, 2.05) is 0 Å². The Labute approximate surface area is 144 Å². The Hall–Kier alpha value is -2.62. The minimum Gasteiger partial charge on any atom is -0.454 e. The van der Waals surface area contributed by atoms with Crippen LogP contribution < -0.4 is 11.5 Å². The zero-order valence-corrected chi connectivity index (χ0v) is 13.4. The maximum absolute atomic E-state index is 13.6. The number of alkyl halides is 3. The van der Waals surface area contributed by atoms with Crippen LogP contribution in [0.2, 0.25) is 5.02 Å². The topological polar surface area (TPSA) is 108 Å². The Bertz CT molecular complexity index is 740. The third-order valence-electron chi connectivity index (χ3n) is 2.85. The first-order valence-corrected chi connectivity index (χ1v) is 6.82. The number of hydrogen-bond acceptors (Lipinski definition) is 5. The van der Waals surface area contributed by atoms with Gasteiger partial charge in [-0.15, -0.1) is 0 Å². The lowest BCUT2D eigenvalue weighted by atomic mass is 10.1. The van der Waals surface area contributed by atoms with Gasteiger partial charge in [0.25, 0.3) is 0 Å². The van der Waals surface area contributed by atoms with Crippen LogP contribution in [0.5, 0.6) is 0 Å².